The van der Waals surface area contributed by atoms with Gasteiger partial charge in [0.25, 0.3) is 0 Å². The lowest BCUT2D eigenvalue weighted by molar-refractivity contribution is 0.736. The monoisotopic (exact) mass is 271 g/mol. The van der Waals surface area contributed by atoms with Crippen molar-refractivity contribution in [1.29, 1.82) is 0 Å². The van der Waals surface area contributed by atoms with E-state index in [0.717, 1.165) is 20.7 Å². The van der Waals surface area contributed by atoms with E-state index >= 15 is 0 Å². The van der Waals surface area contributed by atoms with Crippen molar-refractivity contribution in [2.24, 2.45) is 5.73 Å². The van der Waals surface area contributed by atoms with Crippen LogP contribution in [-0.2, 0) is 6.42 Å². The van der Waals surface area contributed by atoms with Crippen molar-refractivity contribution in [3.63, 3.8) is 0 Å². The zero-order valence-corrected chi connectivity index (χ0v) is 10.8. The number of hydrogen-bond acceptors (Lipinski definition) is 2. The van der Waals surface area contributed by atoms with Crippen LogP contribution in [0.4, 0.5) is 0 Å². The smallest absolute Gasteiger partial charge is 0.0931 e. The number of thiophene rings is 1. The van der Waals surface area contributed by atoms with Gasteiger partial charge in [0.05, 0.1) is 4.34 Å². The fourth-order valence-corrected chi connectivity index (χ4v) is 2.69. The van der Waals surface area contributed by atoms with Crippen LogP contribution in [0.5, 0.6) is 0 Å². The van der Waals surface area contributed by atoms with E-state index in [1.807, 2.05) is 36.4 Å². The first-order valence-electron chi connectivity index (χ1n) is 4.90. The van der Waals surface area contributed by atoms with Gasteiger partial charge in [0.2, 0.25) is 0 Å². The highest BCUT2D eigenvalue weighted by Crippen LogP contribution is 2.27. The van der Waals surface area contributed by atoms with E-state index in [0.29, 0.717) is 0 Å². The Kier molecular flexibility index (Phi) is 3.87. The van der Waals surface area contributed by atoms with Crippen LogP contribution in [0, 0.1) is 0 Å². The second-order valence-electron chi connectivity index (χ2n) is 3.58. The van der Waals surface area contributed by atoms with Gasteiger partial charge in [-0.2, -0.15) is 0 Å². The van der Waals surface area contributed by atoms with Gasteiger partial charge in [-0.25, -0.2) is 0 Å². The molecule has 2 rings (SSSR count). The maximum Gasteiger partial charge on any atom is 0.0931 e. The molecule has 1 heterocycles. The highest BCUT2D eigenvalue weighted by molar-refractivity contribution is 7.16. The van der Waals surface area contributed by atoms with E-state index in [1.165, 1.54) is 16.9 Å². The summed E-state index contributed by atoms with van der Waals surface area (Å²) in [4.78, 5) is 1.11. The summed E-state index contributed by atoms with van der Waals surface area (Å²) < 4.78 is 0.779. The van der Waals surface area contributed by atoms with Crippen molar-refractivity contribution >= 4 is 34.5 Å². The minimum atomic E-state index is -0.00123. The van der Waals surface area contributed by atoms with Crippen LogP contribution in [0.15, 0.2) is 36.4 Å². The van der Waals surface area contributed by atoms with Gasteiger partial charge in [0.15, 0.2) is 0 Å². The number of hydrogen-bond donors (Lipinski definition) is 1. The molecule has 0 amide bonds. The Morgan fingerprint density at radius 1 is 1.06 bits per heavy atom. The Bertz CT molecular complexity index is 464. The number of benzene rings is 1. The zero-order valence-electron chi connectivity index (χ0n) is 8.49. The van der Waals surface area contributed by atoms with Crippen molar-refractivity contribution in [2.75, 3.05) is 0 Å². The van der Waals surface area contributed by atoms with Crippen LogP contribution in [0.2, 0.25) is 9.36 Å². The Morgan fingerprint density at radius 2 is 1.75 bits per heavy atom. The zero-order chi connectivity index (χ0) is 11.5. The van der Waals surface area contributed by atoms with Crippen LogP contribution in [0.1, 0.15) is 16.5 Å². The van der Waals surface area contributed by atoms with Gasteiger partial charge in [0.1, 0.15) is 0 Å². The second-order valence-corrected chi connectivity index (χ2v) is 5.76. The van der Waals surface area contributed by atoms with Crippen LogP contribution in [0.3, 0.4) is 0 Å². The van der Waals surface area contributed by atoms with Crippen LogP contribution < -0.4 is 5.73 Å². The Balaban J connectivity index is 2.07. The summed E-state index contributed by atoms with van der Waals surface area (Å²) in [6, 6.07) is 11.6. The highest BCUT2D eigenvalue weighted by Gasteiger charge is 2.09. The molecule has 0 bridgehead atoms. The van der Waals surface area contributed by atoms with Crippen molar-refractivity contribution in [2.45, 2.75) is 12.5 Å². The molecule has 0 spiro atoms. The molecule has 84 valence electrons. The first-order valence-corrected chi connectivity index (χ1v) is 6.47. The highest BCUT2D eigenvalue weighted by atomic mass is 35.5. The molecule has 0 radical (unpaired) electrons. The van der Waals surface area contributed by atoms with Crippen molar-refractivity contribution in [3.8, 4) is 0 Å². The first-order chi connectivity index (χ1) is 7.65. The molecule has 0 fully saturated rings. The number of halogens is 2. The Morgan fingerprint density at radius 3 is 2.31 bits per heavy atom. The molecular formula is C12H11Cl2NS. The molecule has 2 N–H and O–H groups in total. The largest absolute Gasteiger partial charge is 0.323 e. The lowest BCUT2D eigenvalue weighted by atomic mass is 10.1. The van der Waals surface area contributed by atoms with Gasteiger partial charge in [0, 0.05) is 15.9 Å². The quantitative estimate of drug-likeness (QED) is 0.885. The van der Waals surface area contributed by atoms with E-state index in [9.17, 15) is 0 Å². The number of nitrogens with two attached hydrogens (primary N) is 1. The van der Waals surface area contributed by atoms with Crippen LogP contribution in [-0.4, -0.2) is 0 Å². The summed E-state index contributed by atoms with van der Waals surface area (Å²) >= 11 is 13.2. The Labute approximate surface area is 109 Å². The summed E-state index contributed by atoms with van der Waals surface area (Å²) in [5.74, 6) is 0. The lowest BCUT2D eigenvalue weighted by Gasteiger charge is -2.09. The molecule has 0 saturated heterocycles. The van der Waals surface area contributed by atoms with Gasteiger partial charge in [-0.05, 0) is 36.2 Å². The third kappa shape index (κ3) is 2.98. The molecule has 0 saturated carbocycles. The third-order valence-electron chi connectivity index (χ3n) is 2.33. The molecule has 1 nitrogen and oxygen atoms in total. The Hall–Kier alpha value is -0.540. The number of rotatable bonds is 3. The lowest BCUT2D eigenvalue weighted by Crippen LogP contribution is -2.11. The summed E-state index contributed by atoms with van der Waals surface area (Å²) in [7, 11) is 0. The normalized spacial score (nSPS) is 12.7. The maximum atomic E-state index is 6.10. The molecule has 1 unspecified atom stereocenters. The summed E-state index contributed by atoms with van der Waals surface area (Å²) in [5.41, 5.74) is 7.28. The predicted molar refractivity (Wildman–Crippen MR) is 71.4 cm³/mol. The van der Waals surface area contributed by atoms with E-state index in [2.05, 4.69) is 0 Å². The molecule has 2 aromatic rings. The average molecular weight is 272 g/mol. The van der Waals surface area contributed by atoms with Gasteiger partial charge in [-0.1, -0.05) is 35.3 Å². The second kappa shape index (κ2) is 5.19. The van der Waals surface area contributed by atoms with E-state index < -0.39 is 0 Å². The molecule has 0 aliphatic carbocycles. The molecule has 16 heavy (non-hydrogen) atoms. The van der Waals surface area contributed by atoms with E-state index in [4.69, 9.17) is 28.9 Å². The molecular weight excluding hydrogens is 261 g/mol. The van der Waals surface area contributed by atoms with Crippen LogP contribution in [0.25, 0.3) is 0 Å². The molecule has 1 aromatic heterocycles. The summed E-state index contributed by atoms with van der Waals surface area (Å²) in [6.45, 7) is 0. The van der Waals surface area contributed by atoms with Crippen molar-refractivity contribution < 1.29 is 0 Å². The maximum absolute atomic E-state index is 6.10. The van der Waals surface area contributed by atoms with Gasteiger partial charge < -0.3 is 5.73 Å². The molecule has 0 aliphatic heterocycles. The van der Waals surface area contributed by atoms with Crippen molar-refractivity contribution in [3.05, 3.63) is 56.2 Å². The van der Waals surface area contributed by atoms with Gasteiger partial charge in [-0.15, -0.1) is 11.3 Å². The summed E-state index contributed by atoms with van der Waals surface area (Å²) in [6.07, 6.45) is 0.800. The average Bonchev–Trinajstić information content (AvgIpc) is 2.68. The van der Waals surface area contributed by atoms with Gasteiger partial charge >= 0.3 is 0 Å². The topological polar surface area (TPSA) is 26.0 Å². The van der Waals surface area contributed by atoms with E-state index in [1.54, 1.807) is 0 Å². The fraction of sp³-hybridized carbons (Fsp3) is 0.167. The molecule has 4 heteroatoms. The SMILES string of the molecule is NC(Cc1ccc(Cl)cc1)c1ccc(Cl)s1. The van der Waals surface area contributed by atoms with Crippen molar-refractivity contribution in [1.82, 2.24) is 0 Å². The standard InChI is InChI=1S/C12H11Cl2NS/c13-9-3-1-8(2-4-9)7-10(15)11-5-6-12(14)16-11/h1-6,10H,7,15H2. The third-order valence-corrected chi connectivity index (χ3v) is 3.94. The van der Waals surface area contributed by atoms with Crippen LogP contribution >= 0.6 is 34.5 Å². The molecule has 1 atom stereocenters. The van der Waals surface area contributed by atoms with E-state index in [-0.39, 0.29) is 6.04 Å². The predicted octanol–water partition coefficient (Wildman–Crippen LogP) is 4.30. The molecule has 1 aromatic carbocycles. The van der Waals surface area contributed by atoms with Gasteiger partial charge in [-0.3, -0.25) is 0 Å². The minimum Gasteiger partial charge on any atom is -0.323 e. The first kappa shape index (κ1) is 11.9. The summed E-state index contributed by atoms with van der Waals surface area (Å²) in [5, 5.41) is 0.747. The fourth-order valence-electron chi connectivity index (χ4n) is 1.50. The molecule has 0 aliphatic rings. The minimum absolute atomic E-state index is 0.00123.